The zero-order valence-corrected chi connectivity index (χ0v) is 12.5. The van der Waals surface area contributed by atoms with Gasteiger partial charge >= 0.3 is 0 Å². The number of carbonyl (C=O) groups excluding carboxylic acids is 1. The van der Waals surface area contributed by atoms with Crippen LogP contribution in [-0.4, -0.2) is 30.5 Å². The van der Waals surface area contributed by atoms with Gasteiger partial charge in [-0.15, -0.1) is 0 Å². The summed E-state index contributed by atoms with van der Waals surface area (Å²) in [7, 11) is 0. The molecule has 104 valence electrons. The standard InChI is InChI=1S/C14H19BrN2O2/c15-12-4-5-13(11(8-12)9-16)19-10-14(18)17-6-2-1-3-7-17/h4-5,8H,1-3,6-7,9-10,16H2. The smallest absolute Gasteiger partial charge is 0.260 e. The van der Waals surface area contributed by atoms with Crippen LogP contribution in [0.5, 0.6) is 5.75 Å². The van der Waals surface area contributed by atoms with E-state index in [0.29, 0.717) is 12.3 Å². The maximum atomic E-state index is 12.0. The molecule has 5 heteroatoms. The van der Waals surface area contributed by atoms with Crippen molar-refractivity contribution in [1.29, 1.82) is 0 Å². The second-order valence-corrected chi connectivity index (χ2v) is 5.60. The van der Waals surface area contributed by atoms with Gasteiger partial charge in [0.05, 0.1) is 0 Å². The number of rotatable bonds is 4. The van der Waals surface area contributed by atoms with E-state index in [4.69, 9.17) is 10.5 Å². The number of nitrogens with zero attached hydrogens (tertiary/aromatic N) is 1. The van der Waals surface area contributed by atoms with Crippen molar-refractivity contribution in [2.45, 2.75) is 25.8 Å². The third kappa shape index (κ3) is 3.94. The van der Waals surface area contributed by atoms with Gasteiger partial charge < -0.3 is 15.4 Å². The van der Waals surface area contributed by atoms with Crippen molar-refractivity contribution in [3.8, 4) is 5.75 Å². The molecule has 2 N–H and O–H groups in total. The van der Waals surface area contributed by atoms with Crippen LogP contribution in [0.25, 0.3) is 0 Å². The van der Waals surface area contributed by atoms with E-state index < -0.39 is 0 Å². The van der Waals surface area contributed by atoms with Crippen LogP contribution in [0.3, 0.4) is 0 Å². The molecule has 1 aliphatic rings. The molecule has 1 aromatic carbocycles. The van der Waals surface area contributed by atoms with Gasteiger partial charge in [-0.05, 0) is 37.5 Å². The summed E-state index contributed by atoms with van der Waals surface area (Å²) in [6, 6.07) is 5.65. The third-order valence-corrected chi connectivity index (χ3v) is 3.80. The van der Waals surface area contributed by atoms with E-state index in [1.807, 2.05) is 23.1 Å². The topological polar surface area (TPSA) is 55.6 Å². The Morgan fingerprint density at radius 3 is 2.74 bits per heavy atom. The van der Waals surface area contributed by atoms with Crippen molar-refractivity contribution < 1.29 is 9.53 Å². The van der Waals surface area contributed by atoms with Crippen molar-refractivity contribution in [3.05, 3.63) is 28.2 Å². The van der Waals surface area contributed by atoms with Crippen molar-refractivity contribution in [3.63, 3.8) is 0 Å². The molecule has 0 saturated carbocycles. The predicted molar refractivity (Wildman–Crippen MR) is 78.0 cm³/mol. The van der Waals surface area contributed by atoms with E-state index in [2.05, 4.69) is 15.9 Å². The molecule has 4 nitrogen and oxygen atoms in total. The van der Waals surface area contributed by atoms with Gasteiger partial charge in [0.1, 0.15) is 5.75 Å². The van der Waals surface area contributed by atoms with Gasteiger partial charge in [-0.2, -0.15) is 0 Å². The lowest BCUT2D eigenvalue weighted by molar-refractivity contribution is -0.134. The summed E-state index contributed by atoms with van der Waals surface area (Å²) in [4.78, 5) is 13.9. The molecule has 0 spiro atoms. The second kappa shape index (κ2) is 6.91. The molecule has 0 aliphatic carbocycles. The third-order valence-electron chi connectivity index (χ3n) is 3.30. The lowest BCUT2D eigenvalue weighted by Gasteiger charge is -2.26. The highest BCUT2D eigenvalue weighted by Gasteiger charge is 2.17. The number of halogens is 1. The van der Waals surface area contributed by atoms with E-state index in [9.17, 15) is 4.79 Å². The minimum atomic E-state index is 0.0607. The lowest BCUT2D eigenvalue weighted by Crippen LogP contribution is -2.38. The van der Waals surface area contributed by atoms with Crippen LogP contribution in [-0.2, 0) is 11.3 Å². The van der Waals surface area contributed by atoms with Crippen LogP contribution in [0, 0.1) is 0 Å². The summed E-state index contributed by atoms with van der Waals surface area (Å²) in [5.41, 5.74) is 6.58. The van der Waals surface area contributed by atoms with E-state index in [1.54, 1.807) is 0 Å². The molecule has 1 aliphatic heterocycles. The van der Waals surface area contributed by atoms with Gasteiger partial charge in [0.2, 0.25) is 0 Å². The van der Waals surface area contributed by atoms with E-state index >= 15 is 0 Å². The Kier molecular flexibility index (Phi) is 5.22. The maximum absolute atomic E-state index is 12.0. The molecule has 1 amide bonds. The summed E-state index contributed by atoms with van der Waals surface area (Å²) in [6.07, 6.45) is 3.41. The van der Waals surface area contributed by atoms with Crippen LogP contribution in [0.1, 0.15) is 24.8 Å². The SMILES string of the molecule is NCc1cc(Br)ccc1OCC(=O)N1CCCCC1. The Hall–Kier alpha value is -1.07. The van der Waals surface area contributed by atoms with Crippen molar-refractivity contribution in [1.82, 2.24) is 4.90 Å². The average molecular weight is 327 g/mol. The molecule has 0 unspecified atom stereocenters. The molecule has 0 radical (unpaired) electrons. The molecule has 1 fully saturated rings. The average Bonchev–Trinajstić information content (AvgIpc) is 2.46. The quantitative estimate of drug-likeness (QED) is 0.923. The number of hydrogen-bond donors (Lipinski definition) is 1. The zero-order valence-electron chi connectivity index (χ0n) is 10.9. The highest BCUT2D eigenvalue weighted by molar-refractivity contribution is 9.10. The van der Waals surface area contributed by atoms with Gasteiger partial charge in [-0.1, -0.05) is 15.9 Å². The van der Waals surface area contributed by atoms with Crippen molar-refractivity contribution in [2.24, 2.45) is 5.73 Å². The first-order valence-electron chi connectivity index (χ1n) is 6.60. The molecular weight excluding hydrogens is 308 g/mol. The number of likely N-dealkylation sites (tertiary alicyclic amines) is 1. The fourth-order valence-electron chi connectivity index (χ4n) is 2.22. The first kappa shape index (κ1) is 14.3. The van der Waals surface area contributed by atoms with Crippen LogP contribution >= 0.6 is 15.9 Å². The molecule has 0 aromatic heterocycles. The largest absolute Gasteiger partial charge is 0.483 e. The van der Waals surface area contributed by atoms with Crippen LogP contribution in [0.15, 0.2) is 22.7 Å². The van der Waals surface area contributed by atoms with Gasteiger partial charge in [0.25, 0.3) is 5.91 Å². The summed E-state index contributed by atoms with van der Waals surface area (Å²) in [5.74, 6) is 0.752. The Labute approximate surface area is 122 Å². The molecule has 19 heavy (non-hydrogen) atoms. The van der Waals surface area contributed by atoms with Crippen molar-refractivity contribution in [2.75, 3.05) is 19.7 Å². The Morgan fingerprint density at radius 1 is 1.32 bits per heavy atom. The first-order valence-corrected chi connectivity index (χ1v) is 7.39. The summed E-state index contributed by atoms with van der Waals surface area (Å²) < 4.78 is 6.57. The molecule has 1 saturated heterocycles. The summed E-state index contributed by atoms with van der Waals surface area (Å²) in [6.45, 7) is 2.19. The number of ether oxygens (including phenoxy) is 1. The van der Waals surface area contributed by atoms with Gasteiger partial charge in [-0.3, -0.25) is 4.79 Å². The lowest BCUT2D eigenvalue weighted by atomic mass is 10.1. The predicted octanol–water partition coefficient (Wildman–Crippen LogP) is 2.30. The molecule has 1 heterocycles. The molecular formula is C14H19BrN2O2. The highest BCUT2D eigenvalue weighted by Crippen LogP contribution is 2.23. The highest BCUT2D eigenvalue weighted by atomic mass is 79.9. The minimum absolute atomic E-state index is 0.0607. The zero-order chi connectivity index (χ0) is 13.7. The van der Waals surface area contributed by atoms with Gasteiger partial charge in [-0.25, -0.2) is 0 Å². The monoisotopic (exact) mass is 326 g/mol. The Morgan fingerprint density at radius 2 is 2.05 bits per heavy atom. The normalized spacial score (nSPS) is 15.4. The first-order chi connectivity index (χ1) is 9.20. The molecule has 0 atom stereocenters. The number of piperidine rings is 1. The number of hydrogen-bond acceptors (Lipinski definition) is 3. The molecule has 0 bridgehead atoms. The van der Waals surface area contributed by atoms with E-state index in [1.165, 1.54) is 6.42 Å². The number of benzene rings is 1. The number of nitrogens with two attached hydrogens (primary N) is 1. The van der Waals surface area contributed by atoms with Crippen LogP contribution in [0.2, 0.25) is 0 Å². The summed E-state index contributed by atoms with van der Waals surface area (Å²) in [5, 5.41) is 0. The van der Waals surface area contributed by atoms with Gasteiger partial charge in [0.15, 0.2) is 6.61 Å². The van der Waals surface area contributed by atoms with E-state index in [0.717, 1.165) is 36.0 Å². The fourth-order valence-corrected chi connectivity index (χ4v) is 2.63. The summed E-state index contributed by atoms with van der Waals surface area (Å²) >= 11 is 3.39. The van der Waals surface area contributed by atoms with Crippen molar-refractivity contribution >= 4 is 21.8 Å². The number of amides is 1. The minimum Gasteiger partial charge on any atom is -0.483 e. The second-order valence-electron chi connectivity index (χ2n) is 4.69. The molecule has 1 aromatic rings. The fraction of sp³-hybridized carbons (Fsp3) is 0.500. The van der Waals surface area contributed by atoms with Crippen LogP contribution < -0.4 is 10.5 Å². The Balaban J connectivity index is 1.92. The van der Waals surface area contributed by atoms with Gasteiger partial charge in [0, 0.05) is 29.7 Å². The number of carbonyl (C=O) groups is 1. The van der Waals surface area contributed by atoms with E-state index in [-0.39, 0.29) is 12.5 Å². The maximum Gasteiger partial charge on any atom is 0.260 e. The Bertz CT molecular complexity index is 445. The molecule has 2 rings (SSSR count). The van der Waals surface area contributed by atoms with Crippen LogP contribution in [0.4, 0.5) is 0 Å².